The van der Waals surface area contributed by atoms with Crippen LogP contribution in [0.5, 0.6) is 0 Å². The van der Waals surface area contributed by atoms with Crippen LogP contribution >= 0.6 is 43.2 Å². The Morgan fingerprint density at radius 3 is 1.20 bits per heavy atom. The van der Waals surface area contributed by atoms with Gasteiger partial charge in [0.15, 0.2) is 0 Å². The minimum Gasteiger partial charge on any atom is -0.392 e. The van der Waals surface area contributed by atoms with E-state index in [1.807, 2.05) is 0 Å². The lowest BCUT2D eigenvalue weighted by Gasteiger charge is -2.57. The van der Waals surface area contributed by atoms with Gasteiger partial charge in [0, 0.05) is 39.3 Å². The summed E-state index contributed by atoms with van der Waals surface area (Å²) < 4.78 is 0. The maximum atomic E-state index is 13.7. The Balaban J connectivity index is 1.18. The van der Waals surface area contributed by atoms with Crippen LogP contribution in [-0.4, -0.2) is 126 Å². The first kappa shape index (κ1) is 32.7. The molecule has 12 nitrogen and oxygen atoms in total. The smallest absolute Gasteiger partial charge is 0.269 e. The van der Waals surface area contributed by atoms with E-state index in [0.717, 1.165) is 73.9 Å². The molecule has 240 valence electrons. The van der Waals surface area contributed by atoms with Crippen molar-refractivity contribution in [3.63, 3.8) is 0 Å². The molecule has 6 aliphatic rings. The number of ketones is 2. The highest BCUT2D eigenvalue weighted by Gasteiger charge is 2.71. The molecule has 4 amide bonds. The summed E-state index contributed by atoms with van der Waals surface area (Å²) in [5.74, 6) is -3.24. The van der Waals surface area contributed by atoms with Crippen LogP contribution < -0.4 is 0 Å². The Hall–Kier alpha value is -3.28. The standard InChI is InChI=1S/C30H28N4O8S4/c1-31-25(41)29(33(3)23(39)27(31,15-35)43-45-29)21(37)19-11-7-17(8-12-19)5-6-18-9-13-20(14-10-18)22(38)30-26(42)32(2)28(16-36,44-46-30)24(40)34(30)4/h5-14,35-36H,15-16H2,1-4H3/b6-5+/t27-,28-,29-,30-/m0/s1. The van der Waals surface area contributed by atoms with Gasteiger partial charge in [-0.1, -0.05) is 60.7 Å². The van der Waals surface area contributed by atoms with Crippen LogP contribution in [0.25, 0.3) is 12.2 Å². The summed E-state index contributed by atoms with van der Waals surface area (Å²) in [6.07, 6.45) is 3.60. The monoisotopic (exact) mass is 700 g/mol. The third-order valence-corrected chi connectivity index (χ3v) is 16.2. The number of aliphatic hydroxyl groups is 2. The number of Topliss-reactive ketones (excluding diaryl/α,β-unsaturated/α-hetero) is 2. The zero-order valence-electron chi connectivity index (χ0n) is 25.0. The normalized spacial score (nSPS) is 30.7. The lowest BCUT2D eigenvalue weighted by Crippen LogP contribution is -2.78. The number of aliphatic hydroxyl groups excluding tert-OH is 2. The van der Waals surface area contributed by atoms with Crippen molar-refractivity contribution in [3.8, 4) is 0 Å². The van der Waals surface area contributed by atoms with Crippen molar-refractivity contribution < 1.29 is 39.0 Å². The highest BCUT2D eigenvalue weighted by molar-refractivity contribution is 8.78. The maximum absolute atomic E-state index is 13.7. The number of hydrogen-bond acceptors (Lipinski definition) is 12. The average molecular weight is 701 g/mol. The number of benzene rings is 2. The molecule has 0 unspecified atom stereocenters. The molecule has 0 aliphatic carbocycles. The van der Waals surface area contributed by atoms with Crippen molar-refractivity contribution in [3.05, 3.63) is 70.8 Å². The molecule has 6 heterocycles. The molecular formula is C30H28N4O8S4. The number of carbonyl (C=O) groups excluding carboxylic acids is 6. The van der Waals surface area contributed by atoms with Gasteiger partial charge in [0.2, 0.25) is 31.1 Å². The van der Waals surface area contributed by atoms with Crippen molar-refractivity contribution in [1.29, 1.82) is 0 Å². The van der Waals surface area contributed by atoms with Crippen molar-refractivity contribution >= 4 is 90.5 Å². The van der Waals surface area contributed by atoms with Gasteiger partial charge in [-0.05, 0) is 54.3 Å². The molecule has 0 saturated carbocycles. The van der Waals surface area contributed by atoms with Crippen LogP contribution in [0.3, 0.4) is 0 Å². The molecule has 0 spiro atoms. The fourth-order valence-electron chi connectivity index (χ4n) is 5.84. The van der Waals surface area contributed by atoms with E-state index in [2.05, 4.69) is 0 Å². The number of piperazine rings is 2. The van der Waals surface area contributed by atoms with E-state index in [-0.39, 0.29) is 11.1 Å². The van der Waals surface area contributed by atoms with Crippen LogP contribution in [0.15, 0.2) is 48.5 Å². The molecule has 6 saturated heterocycles. The van der Waals surface area contributed by atoms with Crippen LogP contribution in [0.1, 0.15) is 31.8 Å². The summed E-state index contributed by atoms with van der Waals surface area (Å²) in [5.41, 5.74) is 1.98. The zero-order chi connectivity index (χ0) is 33.4. The number of hydrogen-bond donors (Lipinski definition) is 2. The van der Waals surface area contributed by atoms with Gasteiger partial charge in [-0.25, -0.2) is 0 Å². The molecule has 6 aliphatic heterocycles. The van der Waals surface area contributed by atoms with E-state index in [1.165, 1.54) is 28.2 Å². The lowest BCUT2D eigenvalue weighted by atomic mass is 9.95. The third-order valence-electron chi connectivity index (χ3n) is 8.95. The first-order valence-corrected chi connectivity index (χ1v) is 18.1. The SMILES string of the molecule is CN1C(=O)[C@]2(CO)SS[C@@]1(C(=O)c1ccc(/C=C/c3ccc(C(=O)[C@@]45SS[C@@](CO)(C(=O)N4C)N(C)C5=O)cc3)cc1)C(=O)N2C. The van der Waals surface area contributed by atoms with E-state index in [4.69, 9.17) is 0 Å². The fourth-order valence-corrected chi connectivity index (χ4v) is 13.0. The first-order valence-electron chi connectivity index (χ1n) is 13.8. The van der Waals surface area contributed by atoms with E-state index in [1.54, 1.807) is 60.7 Å². The number of rotatable bonds is 8. The Morgan fingerprint density at radius 1 is 0.565 bits per heavy atom. The molecule has 6 fully saturated rings. The molecule has 4 atom stereocenters. The first-order chi connectivity index (χ1) is 21.8. The lowest BCUT2D eigenvalue weighted by molar-refractivity contribution is -0.163. The summed E-state index contributed by atoms with van der Waals surface area (Å²) in [5, 5.41) is 19.8. The van der Waals surface area contributed by atoms with E-state index in [9.17, 15) is 39.0 Å². The molecule has 2 aromatic rings. The van der Waals surface area contributed by atoms with Crippen molar-refractivity contribution in [2.24, 2.45) is 0 Å². The van der Waals surface area contributed by atoms with Gasteiger partial charge in [-0.2, -0.15) is 0 Å². The molecule has 0 radical (unpaired) electrons. The predicted octanol–water partition coefficient (Wildman–Crippen LogP) is 1.64. The summed E-state index contributed by atoms with van der Waals surface area (Å²) in [7, 11) is 9.58. The van der Waals surface area contributed by atoms with E-state index in [0.29, 0.717) is 0 Å². The largest absolute Gasteiger partial charge is 0.392 e. The second kappa shape index (κ2) is 11.2. The molecular weight excluding hydrogens is 673 g/mol. The Bertz CT molecular complexity index is 1610. The number of nitrogens with zero attached hydrogens (tertiary/aromatic N) is 4. The Labute approximate surface area is 279 Å². The number of likely N-dealkylation sites (N-methyl/N-ethyl adjacent to an activating group) is 4. The minimum absolute atomic E-state index is 0.244. The second-order valence-electron chi connectivity index (χ2n) is 11.2. The highest BCUT2D eigenvalue weighted by Crippen LogP contribution is 2.60. The number of carbonyl (C=O) groups is 6. The third kappa shape index (κ3) is 4.06. The zero-order valence-corrected chi connectivity index (χ0v) is 28.2. The van der Waals surface area contributed by atoms with Crippen molar-refractivity contribution in [1.82, 2.24) is 19.6 Å². The summed E-state index contributed by atoms with van der Waals surface area (Å²) >= 11 is 0. The summed E-state index contributed by atoms with van der Waals surface area (Å²) in [4.78, 5) is 78.3. The molecule has 46 heavy (non-hydrogen) atoms. The average Bonchev–Trinajstić information content (AvgIpc) is 3.08. The molecule has 4 bridgehead atoms. The van der Waals surface area contributed by atoms with Crippen LogP contribution in [0, 0.1) is 0 Å². The molecule has 0 aromatic heterocycles. The Kier molecular flexibility index (Phi) is 7.92. The van der Waals surface area contributed by atoms with Crippen LogP contribution in [0.2, 0.25) is 0 Å². The quantitative estimate of drug-likeness (QED) is 0.178. The Morgan fingerprint density at radius 2 is 0.891 bits per heavy atom. The number of fused-ring (bicyclic) bond motifs is 6. The number of amides is 4. The highest BCUT2D eigenvalue weighted by atomic mass is 33.1. The predicted molar refractivity (Wildman–Crippen MR) is 177 cm³/mol. The molecule has 16 heteroatoms. The van der Waals surface area contributed by atoms with Gasteiger partial charge in [-0.3, -0.25) is 28.8 Å². The van der Waals surface area contributed by atoms with Crippen LogP contribution in [-0.2, 0) is 19.2 Å². The van der Waals surface area contributed by atoms with E-state index < -0.39 is 67.9 Å². The van der Waals surface area contributed by atoms with Crippen LogP contribution in [0.4, 0.5) is 0 Å². The van der Waals surface area contributed by atoms with Gasteiger partial charge < -0.3 is 29.8 Å². The van der Waals surface area contributed by atoms with Gasteiger partial charge in [0.25, 0.3) is 23.6 Å². The van der Waals surface area contributed by atoms with Crippen molar-refractivity contribution in [2.75, 3.05) is 41.4 Å². The van der Waals surface area contributed by atoms with E-state index >= 15 is 0 Å². The van der Waals surface area contributed by atoms with Gasteiger partial charge in [0.05, 0.1) is 13.2 Å². The second-order valence-corrected chi connectivity index (χ2v) is 16.4. The minimum atomic E-state index is -1.78. The summed E-state index contributed by atoms with van der Waals surface area (Å²) in [6.45, 7) is -1.14. The topological polar surface area (TPSA) is 156 Å². The van der Waals surface area contributed by atoms with Gasteiger partial charge >= 0.3 is 0 Å². The fraction of sp³-hybridized carbons (Fsp3) is 0.333. The molecule has 8 rings (SSSR count). The maximum Gasteiger partial charge on any atom is 0.269 e. The summed E-state index contributed by atoms with van der Waals surface area (Å²) in [6, 6.07) is 13.2. The van der Waals surface area contributed by atoms with Gasteiger partial charge in [-0.15, -0.1) is 0 Å². The van der Waals surface area contributed by atoms with Gasteiger partial charge in [0.1, 0.15) is 0 Å². The molecule has 2 N–H and O–H groups in total. The van der Waals surface area contributed by atoms with Crippen molar-refractivity contribution in [2.45, 2.75) is 19.5 Å². The molecule has 2 aromatic carbocycles.